The molecule has 0 aliphatic carbocycles. The van der Waals surface area contributed by atoms with Crippen LogP contribution in [0.15, 0.2) is 25.6 Å². The molecule has 8 heteroatoms. The van der Waals surface area contributed by atoms with Crippen LogP contribution in [-0.2, 0) is 12.0 Å². The van der Waals surface area contributed by atoms with Crippen molar-refractivity contribution in [1.82, 2.24) is 24.7 Å². The number of nitrogens with one attached hydrogen (secondary N) is 1. The molecule has 2 rings (SSSR count). The molecule has 0 unspecified atom stereocenters. The van der Waals surface area contributed by atoms with E-state index >= 15 is 0 Å². The third-order valence-electron chi connectivity index (χ3n) is 2.71. The van der Waals surface area contributed by atoms with Gasteiger partial charge in [-0.3, -0.25) is 4.57 Å². The number of hydrogen-bond donors (Lipinski definition) is 1. The first-order valence-electron chi connectivity index (χ1n) is 6.69. The van der Waals surface area contributed by atoms with E-state index in [0.29, 0.717) is 11.7 Å². The van der Waals surface area contributed by atoms with Crippen molar-refractivity contribution in [1.29, 1.82) is 0 Å². The maximum absolute atomic E-state index is 11.7. The normalized spacial score (nSPS) is 11.9. The smallest absolute Gasteiger partial charge is 0.270 e. The Morgan fingerprint density at radius 2 is 2.10 bits per heavy atom. The first-order valence-corrected chi connectivity index (χ1v) is 8.30. The van der Waals surface area contributed by atoms with Gasteiger partial charge in [-0.15, -0.1) is 5.10 Å². The number of halogens is 1. The van der Waals surface area contributed by atoms with Crippen molar-refractivity contribution >= 4 is 27.7 Å². The molecule has 0 aliphatic heterocycles. The first kappa shape index (κ1) is 16.2. The first-order chi connectivity index (χ1) is 9.81. The molecule has 0 atom stereocenters. The van der Waals surface area contributed by atoms with E-state index in [1.807, 2.05) is 13.0 Å². The summed E-state index contributed by atoms with van der Waals surface area (Å²) in [7, 11) is 0. The molecule has 2 aromatic rings. The van der Waals surface area contributed by atoms with Gasteiger partial charge in [-0.05, 0) is 34.1 Å². The molecule has 2 heterocycles. The van der Waals surface area contributed by atoms with Gasteiger partial charge in [0.25, 0.3) is 0 Å². The average molecular weight is 372 g/mol. The Morgan fingerprint density at radius 3 is 2.71 bits per heavy atom. The average Bonchev–Trinajstić information content (AvgIpc) is 2.70. The van der Waals surface area contributed by atoms with Gasteiger partial charge in [0.15, 0.2) is 5.16 Å². The highest BCUT2D eigenvalue weighted by Gasteiger charge is 2.20. The number of rotatable bonds is 4. The largest absolute Gasteiger partial charge is 0.343 e. The Hall–Kier alpha value is -1.15. The molecule has 0 radical (unpaired) electrons. The molecule has 0 saturated carbocycles. The van der Waals surface area contributed by atoms with E-state index in [1.165, 1.54) is 11.8 Å². The highest BCUT2D eigenvalue weighted by Crippen LogP contribution is 2.28. The maximum Gasteiger partial charge on any atom is 0.343 e. The molecular weight excluding hydrogens is 354 g/mol. The summed E-state index contributed by atoms with van der Waals surface area (Å²) >= 11 is 4.77. The Kier molecular flexibility index (Phi) is 4.88. The van der Waals surface area contributed by atoms with E-state index in [2.05, 4.69) is 56.9 Å². The van der Waals surface area contributed by atoms with Gasteiger partial charge in [0.2, 0.25) is 0 Å². The van der Waals surface area contributed by atoms with E-state index in [9.17, 15) is 4.79 Å². The lowest BCUT2D eigenvalue weighted by Gasteiger charge is -2.17. The van der Waals surface area contributed by atoms with Crippen molar-refractivity contribution in [3.8, 4) is 0 Å². The number of aromatic nitrogens is 5. The molecule has 0 amide bonds. The minimum atomic E-state index is -0.191. The highest BCUT2D eigenvalue weighted by atomic mass is 79.9. The van der Waals surface area contributed by atoms with Crippen LogP contribution >= 0.6 is 27.7 Å². The second kappa shape index (κ2) is 6.31. The SMILES string of the molecule is CCCn1c(Sc2cc(Br)nc(C(C)(C)C)n2)n[nH]c1=O. The van der Waals surface area contributed by atoms with Crippen molar-refractivity contribution in [3.05, 3.63) is 27.0 Å². The van der Waals surface area contributed by atoms with Crippen LogP contribution in [0.1, 0.15) is 39.9 Å². The quantitative estimate of drug-likeness (QED) is 0.835. The zero-order valence-corrected chi connectivity index (χ0v) is 14.9. The zero-order chi connectivity index (χ0) is 15.6. The van der Waals surface area contributed by atoms with Crippen LogP contribution in [-0.4, -0.2) is 24.7 Å². The molecule has 0 spiro atoms. The van der Waals surface area contributed by atoms with Crippen molar-refractivity contribution in [2.75, 3.05) is 0 Å². The van der Waals surface area contributed by atoms with Crippen LogP contribution in [0.25, 0.3) is 0 Å². The molecule has 6 nitrogen and oxygen atoms in total. The van der Waals surface area contributed by atoms with Crippen molar-refractivity contribution in [2.45, 2.75) is 56.3 Å². The molecule has 114 valence electrons. The minimum absolute atomic E-state index is 0.145. The minimum Gasteiger partial charge on any atom is -0.270 e. The second-order valence-electron chi connectivity index (χ2n) is 5.67. The summed E-state index contributed by atoms with van der Waals surface area (Å²) < 4.78 is 2.35. The summed E-state index contributed by atoms with van der Waals surface area (Å²) in [5.41, 5.74) is -0.336. The predicted octanol–water partition coefficient (Wildman–Crippen LogP) is 2.98. The molecule has 0 aliphatic rings. The van der Waals surface area contributed by atoms with Crippen molar-refractivity contribution < 1.29 is 0 Å². The highest BCUT2D eigenvalue weighted by molar-refractivity contribution is 9.10. The molecular formula is C13H18BrN5OS. The van der Waals surface area contributed by atoms with Crippen LogP contribution in [0.5, 0.6) is 0 Å². The van der Waals surface area contributed by atoms with Crippen LogP contribution in [0.2, 0.25) is 0 Å². The lowest BCUT2D eigenvalue weighted by Crippen LogP contribution is -2.18. The standard InChI is InChI=1S/C13H18BrN5OS/c1-5-6-19-11(20)17-18-12(19)21-9-7-8(14)15-10(16-9)13(2,3)4/h7H,5-6H2,1-4H3,(H,17,20). The molecule has 21 heavy (non-hydrogen) atoms. The van der Waals surface area contributed by atoms with E-state index < -0.39 is 0 Å². The Morgan fingerprint density at radius 1 is 1.38 bits per heavy atom. The molecule has 0 fully saturated rings. The van der Waals surface area contributed by atoms with Gasteiger partial charge in [-0.25, -0.2) is 19.9 Å². The van der Waals surface area contributed by atoms with Gasteiger partial charge in [0, 0.05) is 18.0 Å². The van der Waals surface area contributed by atoms with E-state index in [4.69, 9.17) is 0 Å². The maximum atomic E-state index is 11.7. The van der Waals surface area contributed by atoms with Gasteiger partial charge >= 0.3 is 5.69 Å². The number of nitrogens with zero attached hydrogens (tertiary/aromatic N) is 4. The fourth-order valence-corrected chi connectivity index (χ4v) is 3.08. The van der Waals surface area contributed by atoms with Crippen LogP contribution in [0.3, 0.4) is 0 Å². The second-order valence-corrected chi connectivity index (χ2v) is 7.47. The Labute approximate surface area is 135 Å². The third kappa shape index (κ3) is 3.94. The van der Waals surface area contributed by atoms with Crippen LogP contribution < -0.4 is 5.69 Å². The van der Waals surface area contributed by atoms with Gasteiger partial charge in [0.1, 0.15) is 15.5 Å². The van der Waals surface area contributed by atoms with E-state index in [-0.39, 0.29) is 11.1 Å². The van der Waals surface area contributed by atoms with Gasteiger partial charge in [-0.1, -0.05) is 27.7 Å². The Bertz CT molecular complexity index is 689. The summed E-state index contributed by atoms with van der Waals surface area (Å²) in [4.78, 5) is 20.7. The summed E-state index contributed by atoms with van der Waals surface area (Å²) in [6.07, 6.45) is 0.869. The van der Waals surface area contributed by atoms with Crippen LogP contribution in [0, 0.1) is 0 Å². The van der Waals surface area contributed by atoms with E-state index in [1.54, 1.807) is 4.57 Å². The lowest BCUT2D eigenvalue weighted by molar-refractivity contribution is 0.536. The van der Waals surface area contributed by atoms with Crippen LogP contribution in [0.4, 0.5) is 0 Å². The fraction of sp³-hybridized carbons (Fsp3) is 0.538. The molecule has 2 aromatic heterocycles. The van der Waals surface area contributed by atoms with Gasteiger partial charge in [-0.2, -0.15) is 0 Å². The lowest BCUT2D eigenvalue weighted by atomic mass is 9.96. The van der Waals surface area contributed by atoms with Crippen molar-refractivity contribution in [3.63, 3.8) is 0 Å². The summed E-state index contributed by atoms with van der Waals surface area (Å²) in [6, 6.07) is 1.83. The molecule has 0 bridgehead atoms. The van der Waals surface area contributed by atoms with E-state index in [0.717, 1.165) is 21.9 Å². The Balaban J connectivity index is 2.36. The van der Waals surface area contributed by atoms with Gasteiger partial charge in [0.05, 0.1) is 0 Å². The number of aromatic amines is 1. The van der Waals surface area contributed by atoms with Gasteiger partial charge < -0.3 is 0 Å². The fourth-order valence-electron chi connectivity index (χ4n) is 1.68. The summed E-state index contributed by atoms with van der Waals surface area (Å²) in [5, 5.41) is 7.93. The zero-order valence-electron chi connectivity index (χ0n) is 12.5. The number of hydrogen-bond acceptors (Lipinski definition) is 5. The number of H-pyrrole nitrogens is 1. The molecule has 1 N–H and O–H groups in total. The molecule has 0 aromatic carbocycles. The topological polar surface area (TPSA) is 76.5 Å². The third-order valence-corrected chi connectivity index (χ3v) is 4.03. The van der Waals surface area contributed by atoms with Crippen molar-refractivity contribution in [2.24, 2.45) is 0 Å². The monoisotopic (exact) mass is 371 g/mol. The summed E-state index contributed by atoms with van der Waals surface area (Å²) in [6.45, 7) is 8.84. The molecule has 0 saturated heterocycles. The summed E-state index contributed by atoms with van der Waals surface area (Å²) in [5.74, 6) is 0.749. The predicted molar refractivity (Wildman–Crippen MR) is 85.7 cm³/mol.